The first kappa shape index (κ1) is 10.5. The first-order valence-electron chi connectivity index (χ1n) is 1.60. The molecule has 38 valence electrons. The third-order valence-electron chi connectivity index (χ3n) is 0.319. The van der Waals surface area contributed by atoms with E-state index < -0.39 is 8.03 Å². The molecule has 0 aliphatic heterocycles. The van der Waals surface area contributed by atoms with E-state index in [0.29, 0.717) is 0 Å². The van der Waals surface area contributed by atoms with Gasteiger partial charge in [0, 0.05) is 25.6 Å². The summed E-state index contributed by atoms with van der Waals surface area (Å²) in [5, 5.41) is 0. The second-order valence-electron chi connectivity index (χ2n) is 0.887. The third kappa shape index (κ3) is 10.8. The molecule has 0 spiro atoms. The normalized spacial score (nSPS) is 11.6. The van der Waals surface area contributed by atoms with E-state index in [1.54, 1.807) is 0 Å². The van der Waals surface area contributed by atoms with Crippen LogP contribution in [0.25, 0.3) is 0 Å². The molecule has 2 nitrogen and oxygen atoms in total. The van der Waals surface area contributed by atoms with Crippen molar-refractivity contribution in [3.05, 3.63) is 12.7 Å². The van der Waals surface area contributed by atoms with Crippen molar-refractivity contribution < 1.29 is 28.9 Å². The largest absolute Gasteiger partial charge is 0.346 e. The molecule has 0 saturated carbocycles. The van der Waals surface area contributed by atoms with Crippen LogP contribution in [0.1, 0.15) is 0 Å². The van der Waals surface area contributed by atoms with Crippen molar-refractivity contribution >= 4 is 8.03 Å². The summed E-state index contributed by atoms with van der Waals surface area (Å²) in [6.45, 7) is 3.27. The Morgan fingerprint density at radius 1 is 1.86 bits per heavy atom. The van der Waals surface area contributed by atoms with Gasteiger partial charge in [-0.15, -0.1) is 6.58 Å². The Morgan fingerprint density at radius 2 is 2.29 bits per heavy atom. The Labute approximate surface area is 56.2 Å². The van der Waals surface area contributed by atoms with Crippen LogP contribution in [0, 0.1) is 0 Å². The molecule has 0 aliphatic rings. The predicted molar refractivity (Wildman–Crippen MR) is 26.3 cm³/mol. The third-order valence-corrected chi connectivity index (χ3v) is 0.957. The molecule has 7 heavy (non-hydrogen) atoms. The molecule has 0 saturated heterocycles. The molecule has 0 aromatic rings. The van der Waals surface area contributed by atoms with Crippen molar-refractivity contribution in [2.24, 2.45) is 0 Å². The first-order chi connectivity index (χ1) is 2.77. The van der Waals surface area contributed by atoms with Gasteiger partial charge in [-0.05, 0) is 0 Å². The van der Waals surface area contributed by atoms with E-state index in [2.05, 4.69) is 6.58 Å². The van der Waals surface area contributed by atoms with Gasteiger partial charge in [0.15, 0.2) is 8.03 Å². The van der Waals surface area contributed by atoms with Crippen LogP contribution in [-0.4, -0.2) is 11.1 Å². The summed E-state index contributed by atoms with van der Waals surface area (Å²) in [7, 11) is -2.25. The van der Waals surface area contributed by atoms with Crippen LogP contribution in [0.4, 0.5) is 0 Å². The van der Waals surface area contributed by atoms with Crippen molar-refractivity contribution in [2.45, 2.75) is 0 Å². The standard InChI is InChI=1S/C3H7O2P.Zn/c1-2-3-6(4)5;/h2,6H,1,3H2,(H,4,5);. The molecule has 0 bridgehead atoms. The number of hydrogen-bond donors (Lipinski definition) is 1. The van der Waals surface area contributed by atoms with Crippen LogP contribution in [0.15, 0.2) is 12.7 Å². The van der Waals surface area contributed by atoms with Crippen molar-refractivity contribution in [2.75, 3.05) is 6.16 Å². The molecule has 0 aromatic carbocycles. The number of hydrogen-bond acceptors (Lipinski definition) is 1. The molecule has 4 heteroatoms. The van der Waals surface area contributed by atoms with E-state index in [-0.39, 0.29) is 25.6 Å². The zero-order valence-corrected chi connectivity index (χ0v) is 8.02. The van der Waals surface area contributed by atoms with Crippen LogP contribution in [0.2, 0.25) is 0 Å². The maximum Gasteiger partial charge on any atom is 0.192 e. The van der Waals surface area contributed by atoms with Gasteiger partial charge in [0.2, 0.25) is 0 Å². The monoisotopic (exact) mass is 170 g/mol. The minimum Gasteiger partial charge on any atom is -0.346 e. The SMILES string of the molecule is C=CC[PH](=O)O.[Zn]. The minimum absolute atomic E-state index is 0. The van der Waals surface area contributed by atoms with E-state index in [4.69, 9.17) is 4.89 Å². The fourth-order valence-corrected chi connectivity index (χ4v) is 0.370. The fraction of sp³-hybridized carbons (Fsp3) is 0.333. The van der Waals surface area contributed by atoms with Crippen LogP contribution >= 0.6 is 8.03 Å². The summed E-state index contributed by atoms with van der Waals surface area (Å²) in [6.07, 6.45) is 1.67. The minimum atomic E-state index is -2.25. The molecule has 0 rings (SSSR count). The summed E-state index contributed by atoms with van der Waals surface area (Å²) < 4.78 is 9.71. The number of allylic oxidation sites excluding steroid dienone is 1. The van der Waals surface area contributed by atoms with Gasteiger partial charge < -0.3 is 4.89 Å². The van der Waals surface area contributed by atoms with Crippen molar-refractivity contribution in [1.82, 2.24) is 0 Å². The van der Waals surface area contributed by atoms with Crippen molar-refractivity contribution in [3.8, 4) is 0 Å². The van der Waals surface area contributed by atoms with Crippen molar-refractivity contribution in [1.29, 1.82) is 0 Å². The van der Waals surface area contributed by atoms with Gasteiger partial charge in [-0.2, -0.15) is 0 Å². The first-order valence-corrected chi connectivity index (χ1v) is 3.16. The smallest absolute Gasteiger partial charge is 0.192 e. The molecule has 1 atom stereocenters. The Morgan fingerprint density at radius 3 is 2.29 bits per heavy atom. The molecule has 0 fully saturated rings. The van der Waals surface area contributed by atoms with Crippen molar-refractivity contribution in [3.63, 3.8) is 0 Å². The maximum atomic E-state index is 9.71. The zero-order chi connectivity index (χ0) is 4.99. The Bertz CT molecular complexity index is 73.3. The summed E-state index contributed by atoms with van der Waals surface area (Å²) in [6, 6.07) is 0. The van der Waals surface area contributed by atoms with Gasteiger partial charge >= 0.3 is 0 Å². The molecule has 0 heterocycles. The Balaban J connectivity index is 0. The van der Waals surface area contributed by atoms with E-state index in [0.717, 1.165) is 0 Å². The maximum absolute atomic E-state index is 9.71. The van der Waals surface area contributed by atoms with Crippen LogP contribution in [-0.2, 0) is 24.0 Å². The van der Waals surface area contributed by atoms with E-state index in [1.165, 1.54) is 6.08 Å². The van der Waals surface area contributed by atoms with Crippen LogP contribution in [0.3, 0.4) is 0 Å². The predicted octanol–water partition coefficient (Wildman–Crippen LogP) is 0.637. The van der Waals surface area contributed by atoms with E-state index in [9.17, 15) is 4.57 Å². The Kier molecular flexibility index (Phi) is 9.85. The molecule has 0 amide bonds. The molecule has 1 N–H and O–H groups in total. The second-order valence-corrected chi connectivity index (χ2v) is 2.08. The molecule has 0 radical (unpaired) electrons. The van der Waals surface area contributed by atoms with Gasteiger partial charge in [0.1, 0.15) is 0 Å². The van der Waals surface area contributed by atoms with Crippen LogP contribution in [0.5, 0.6) is 0 Å². The molecule has 0 aliphatic carbocycles. The quantitative estimate of drug-likeness (QED) is 0.376. The topological polar surface area (TPSA) is 37.3 Å². The van der Waals surface area contributed by atoms with Gasteiger partial charge in [-0.3, -0.25) is 4.57 Å². The summed E-state index contributed by atoms with van der Waals surface area (Å²) in [5.74, 6) is 0. The summed E-state index contributed by atoms with van der Waals surface area (Å²) in [5.41, 5.74) is 0. The van der Waals surface area contributed by atoms with Crippen LogP contribution < -0.4 is 0 Å². The average Bonchev–Trinajstić information content (AvgIpc) is 1.35. The van der Waals surface area contributed by atoms with Gasteiger partial charge in [-0.1, -0.05) is 6.08 Å². The zero-order valence-electron chi connectivity index (χ0n) is 4.05. The number of rotatable bonds is 2. The van der Waals surface area contributed by atoms with Gasteiger partial charge in [0.25, 0.3) is 0 Å². The van der Waals surface area contributed by atoms with E-state index >= 15 is 0 Å². The Hall–Kier alpha value is 0.553. The van der Waals surface area contributed by atoms with E-state index in [1.807, 2.05) is 0 Å². The molecule has 0 aromatic heterocycles. The second kappa shape index (κ2) is 6.55. The van der Waals surface area contributed by atoms with Gasteiger partial charge in [0.05, 0.1) is 0 Å². The molecule has 1 unspecified atom stereocenters. The summed E-state index contributed by atoms with van der Waals surface area (Å²) >= 11 is 0. The fourth-order valence-electron chi connectivity index (χ4n) is 0.123. The van der Waals surface area contributed by atoms with Gasteiger partial charge in [-0.25, -0.2) is 0 Å². The average molecular weight is 171 g/mol. The molecular formula is C3H7O2PZn. The molecular weight excluding hydrogens is 164 g/mol. The summed E-state index contributed by atoms with van der Waals surface area (Å²) in [4.78, 5) is 8.03.